The molecule has 3 aromatic rings. The van der Waals surface area contributed by atoms with Crippen molar-refractivity contribution < 1.29 is 14.9 Å². The molecule has 1 fully saturated rings. The number of piperidine rings is 1. The van der Waals surface area contributed by atoms with E-state index in [2.05, 4.69) is 10.4 Å². The van der Waals surface area contributed by atoms with Crippen molar-refractivity contribution >= 4 is 16.8 Å². The van der Waals surface area contributed by atoms with E-state index in [-0.39, 0.29) is 16.5 Å². The summed E-state index contributed by atoms with van der Waals surface area (Å²) in [6, 6.07) is 8.81. The molecule has 3 N–H and O–H groups in total. The third-order valence-electron chi connectivity index (χ3n) is 4.64. The normalized spacial score (nSPS) is 20.9. The van der Waals surface area contributed by atoms with Crippen molar-refractivity contribution in [2.45, 2.75) is 18.7 Å². The summed E-state index contributed by atoms with van der Waals surface area (Å²) < 4.78 is 38.1. The van der Waals surface area contributed by atoms with Crippen molar-refractivity contribution in [1.29, 1.82) is 0 Å². The standard InChI is InChI=1S/C19H18F2N4O/c20-13-8-15-17(16(9-13)19(22)26)24-25(18(15)21)14-5-3-11(4-6-14)12-2-1-7-23-10-12/h3-6,8-9,12,23H,1-2,7,10H2,(H2,22,26)/t12-/m1/s1/i12D. The average Bonchev–Trinajstić information content (AvgIpc) is 2.98. The second kappa shape index (κ2) is 6.49. The van der Waals surface area contributed by atoms with Crippen LogP contribution in [0.25, 0.3) is 16.6 Å². The third kappa shape index (κ3) is 2.84. The van der Waals surface area contributed by atoms with E-state index in [0.29, 0.717) is 12.2 Å². The van der Waals surface area contributed by atoms with E-state index >= 15 is 0 Å². The number of amides is 1. The zero-order chi connectivity index (χ0) is 19.2. The molecule has 2 aromatic carbocycles. The van der Waals surface area contributed by atoms with Gasteiger partial charge < -0.3 is 11.1 Å². The summed E-state index contributed by atoms with van der Waals surface area (Å²) in [5.74, 6) is -3.13. The fourth-order valence-electron chi connectivity index (χ4n) is 3.32. The first-order valence-corrected chi connectivity index (χ1v) is 8.38. The molecular formula is C19H18F2N4O. The summed E-state index contributed by atoms with van der Waals surface area (Å²) >= 11 is 0. The van der Waals surface area contributed by atoms with Crippen LogP contribution in [0.2, 0.25) is 0 Å². The average molecular weight is 357 g/mol. The molecule has 0 bridgehead atoms. The molecule has 1 aliphatic heterocycles. The molecule has 0 unspecified atom stereocenters. The van der Waals surface area contributed by atoms with Crippen LogP contribution in [0, 0.1) is 11.8 Å². The van der Waals surface area contributed by atoms with Gasteiger partial charge in [0.05, 0.1) is 16.6 Å². The zero-order valence-corrected chi connectivity index (χ0v) is 13.9. The topological polar surface area (TPSA) is 72.9 Å². The molecule has 0 spiro atoms. The monoisotopic (exact) mass is 357 g/mol. The number of nitrogens with zero attached hydrogens (tertiary/aromatic N) is 2. The number of primary amides is 1. The van der Waals surface area contributed by atoms with Crippen LogP contribution in [0.4, 0.5) is 8.78 Å². The lowest BCUT2D eigenvalue weighted by Gasteiger charge is -2.23. The maximum absolute atomic E-state index is 14.8. The summed E-state index contributed by atoms with van der Waals surface area (Å²) in [5.41, 5.74) is 6.35. The van der Waals surface area contributed by atoms with Gasteiger partial charge in [-0.15, -0.1) is 0 Å². The summed E-state index contributed by atoms with van der Waals surface area (Å²) in [6.07, 6.45) is 1.67. The fourth-order valence-corrected chi connectivity index (χ4v) is 3.32. The first-order chi connectivity index (χ1) is 12.9. The van der Waals surface area contributed by atoms with Gasteiger partial charge in [0.15, 0.2) is 0 Å². The SMILES string of the molecule is [2H][C@@]1(c2ccc(-n3nc4c(C(N)=O)cc(F)cc4c3F)cc2)CCCNC1. The van der Waals surface area contributed by atoms with Gasteiger partial charge in [0.25, 0.3) is 5.91 Å². The molecule has 0 saturated carbocycles. The van der Waals surface area contributed by atoms with Crippen LogP contribution < -0.4 is 11.1 Å². The predicted molar refractivity (Wildman–Crippen MR) is 94.3 cm³/mol. The van der Waals surface area contributed by atoms with E-state index in [4.69, 9.17) is 7.10 Å². The Morgan fingerprint density at radius 2 is 2.08 bits per heavy atom. The van der Waals surface area contributed by atoms with Crippen LogP contribution in [0.1, 0.15) is 36.0 Å². The van der Waals surface area contributed by atoms with E-state index < -0.39 is 23.6 Å². The third-order valence-corrected chi connectivity index (χ3v) is 4.64. The molecule has 4 rings (SSSR count). The molecule has 26 heavy (non-hydrogen) atoms. The molecule has 0 radical (unpaired) electrons. The number of aromatic nitrogens is 2. The number of rotatable bonds is 3. The van der Waals surface area contributed by atoms with Crippen molar-refractivity contribution in [1.82, 2.24) is 15.1 Å². The molecule has 1 aromatic heterocycles. The number of hydrogen-bond donors (Lipinski definition) is 2. The van der Waals surface area contributed by atoms with E-state index in [9.17, 15) is 13.6 Å². The molecule has 2 heterocycles. The van der Waals surface area contributed by atoms with Gasteiger partial charge in [-0.25, -0.2) is 9.07 Å². The fraction of sp³-hybridized carbons (Fsp3) is 0.263. The summed E-state index contributed by atoms with van der Waals surface area (Å²) in [4.78, 5) is 11.5. The van der Waals surface area contributed by atoms with Gasteiger partial charge in [0.2, 0.25) is 5.95 Å². The van der Waals surface area contributed by atoms with Crippen LogP contribution in [-0.2, 0) is 0 Å². The van der Waals surface area contributed by atoms with Gasteiger partial charge in [-0.2, -0.15) is 9.49 Å². The number of benzene rings is 2. The highest BCUT2D eigenvalue weighted by Gasteiger charge is 2.20. The molecule has 7 heteroatoms. The Hall–Kier alpha value is -2.80. The number of hydrogen-bond acceptors (Lipinski definition) is 3. The van der Waals surface area contributed by atoms with Crippen LogP contribution in [0.5, 0.6) is 0 Å². The number of nitrogens with one attached hydrogen (secondary N) is 1. The largest absolute Gasteiger partial charge is 0.366 e. The zero-order valence-electron chi connectivity index (χ0n) is 14.9. The van der Waals surface area contributed by atoms with Gasteiger partial charge in [0, 0.05) is 7.92 Å². The first-order valence-electron chi connectivity index (χ1n) is 8.88. The van der Waals surface area contributed by atoms with Crippen molar-refractivity contribution in [2.75, 3.05) is 13.1 Å². The Bertz CT molecular complexity index is 1030. The highest BCUT2D eigenvalue weighted by Crippen LogP contribution is 2.27. The Labute approximate surface area is 150 Å². The van der Waals surface area contributed by atoms with E-state index in [0.717, 1.165) is 41.8 Å². The summed E-state index contributed by atoms with van der Waals surface area (Å²) in [7, 11) is 0. The van der Waals surface area contributed by atoms with Gasteiger partial charge in [-0.3, -0.25) is 4.79 Å². The van der Waals surface area contributed by atoms with Gasteiger partial charge in [-0.1, -0.05) is 12.1 Å². The van der Waals surface area contributed by atoms with E-state index in [1.54, 1.807) is 24.3 Å². The summed E-state index contributed by atoms with van der Waals surface area (Å²) in [6.45, 7) is 1.47. The Morgan fingerprint density at radius 3 is 2.73 bits per heavy atom. The molecule has 0 aliphatic carbocycles. The smallest absolute Gasteiger partial charge is 0.251 e. The number of carbonyl (C=O) groups excluding carboxylic acids is 1. The molecule has 134 valence electrons. The summed E-state index contributed by atoms with van der Waals surface area (Å²) in [5, 5.41) is 7.23. The first kappa shape index (κ1) is 15.5. The van der Waals surface area contributed by atoms with Crippen LogP contribution in [0.15, 0.2) is 36.4 Å². The minimum absolute atomic E-state index is 0.0129. The molecular weight excluding hydrogens is 338 g/mol. The highest BCUT2D eigenvalue weighted by atomic mass is 19.1. The molecule has 1 aliphatic rings. The highest BCUT2D eigenvalue weighted by molar-refractivity contribution is 6.04. The maximum atomic E-state index is 14.8. The van der Waals surface area contributed by atoms with Crippen molar-refractivity contribution in [3.05, 3.63) is 59.3 Å². The van der Waals surface area contributed by atoms with Crippen molar-refractivity contribution in [2.24, 2.45) is 5.73 Å². The Balaban J connectivity index is 1.77. The Kier molecular flexibility index (Phi) is 3.86. The minimum atomic E-state index is -0.875. The van der Waals surface area contributed by atoms with Crippen molar-refractivity contribution in [3.63, 3.8) is 0 Å². The molecule has 1 saturated heterocycles. The maximum Gasteiger partial charge on any atom is 0.251 e. The van der Waals surface area contributed by atoms with E-state index in [1.807, 2.05) is 0 Å². The van der Waals surface area contributed by atoms with Crippen LogP contribution in [-0.4, -0.2) is 28.8 Å². The van der Waals surface area contributed by atoms with Crippen LogP contribution in [0.3, 0.4) is 0 Å². The molecule has 1 atom stereocenters. The predicted octanol–water partition coefficient (Wildman–Crippen LogP) is 2.87. The Morgan fingerprint density at radius 1 is 1.31 bits per heavy atom. The molecule has 5 nitrogen and oxygen atoms in total. The molecule has 1 amide bonds. The number of nitrogens with two attached hydrogens (primary N) is 1. The quantitative estimate of drug-likeness (QED) is 0.757. The lowest BCUT2D eigenvalue weighted by atomic mass is 9.92. The lowest BCUT2D eigenvalue weighted by molar-refractivity contribution is 0.100. The second-order valence-electron chi connectivity index (χ2n) is 6.35. The lowest BCUT2D eigenvalue weighted by Crippen LogP contribution is -2.28. The second-order valence-corrected chi connectivity index (χ2v) is 6.35. The van der Waals surface area contributed by atoms with Gasteiger partial charge >= 0.3 is 0 Å². The van der Waals surface area contributed by atoms with Crippen LogP contribution >= 0.6 is 0 Å². The van der Waals surface area contributed by atoms with Gasteiger partial charge in [0.1, 0.15) is 11.3 Å². The minimum Gasteiger partial charge on any atom is -0.366 e. The van der Waals surface area contributed by atoms with Gasteiger partial charge in [-0.05, 0) is 55.1 Å². The van der Waals surface area contributed by atoms with E-state index in [1.165, 1.54) is 0 Å². The number of carbonyl (C=O) groups is 1. The number of halogens is 2. The number of fused-ring (bicyclic) bond motifs is 1. The van der Waals surface area contributed by atoms with Crippen molar-refractivity contribution in [3.8, 4) is 5.69 Å².